The summed E-state index contributed by atoms with van der Waals surface area (Å²) >= 11 is 0. The Labute approximate surface area is 246 Å². The zero-order valence-corrected chi connectivity index (χ0v) is 25.0. The SMILES string of the molecule is CC(C)(C)ON[C@@H](Cc1ccccc1)C(=O)C(=O)C1=C(C(=O)C(=O)[C@H](Cc2ccccc2)NOC(C)(C)C)N=CNC1. The number of hydrogen-bond donors (Lipinski definition) is 3. The highest BCUT2D eigenvalue weighted by atomic mass is 16.7. The van der Waals surface area contributed by atoms with E-state index in [1.807, 2.05) is 60.7 Å². The van der Waals surface area contributed by atoms with Crippen LogP contribution in [0.5, 0.6) is 0 Å². The molecule has 0 saturated carbocycles. The van der Waals surface area contributed by atoms with Crippen LogP contribution in [0.4, 0.5) is 0 Å². The second-order valence-electron chi connectivity index (χ2n) is 12.0. The highest BCUT2D eigenvalue weighted by Gasteiger charge is 2.36. The van der Waals surface area contributed by atoms with Gasteiger partial charge in [-0.3, -0.25) is 28.9 Å². The van der Waals surface area contributed by atoms with Crippen LogP contribution >= 0.6 is 0 Å². The first-order valence-electron chi connectivity index (χ1n) is 13.9. The fourth-order valence-electron chi connectivity index (χ4n) is 3.96. The maximum absolute atomic E-state index is 13.6. The average Bonchev–Trinajstić information content (AvgIpc) is 2.96. The van der Waals surface area contributed by atoms with Crippen molar-refractivity contribution in [1.29, 1.82) is 0 Å². The van der Waals surface area contributed by atoms with E-state index in [0.29, 0.717) is 0 Å². The van der Waals surface area contributed by atoms with E-state index in [9.17, 15) is 19.2 Å². The van der Waals surface area contributed by atoms with E-state index in [0.717, 1.165) is 11.1 Å². The Morgan fingerprint density at radius 1 is 0.738 bits per heavy atom. The molecule has 0 bridgehead atoms. The zero-order valence-electron chi connectivity index (χ0n) is 25.0. The molecule has 1 aliphatic rings. The number of nitrogens with zero attached hydrogens (tertiary/aromatic N) is 1. The molecule has 42 heavy (non-hydrogen) atoms. The topological polar surface area (TPSA) is 135 Å². The van der Waals surface area contributed by atoms with Gasteiger partial charge in [-0.2, -0.15) is 11.0 Å². The zero-order chi connectivity index (χ0) is 30.9. The van der Waals surface area contributed by atoms with Crippen molar-refractivity contribution in [2.45, 2.75) is 77.7 Å². The molecule has 1 aliphatic heterocycles. The molecule has 0 amide bonds. The van der Waals surface area contributed by atoms with Crippen LogP contribution in [-0.4, -0.2) is 59.3 Å². The van der Waals surface area contributed by atoms with E-state index in [1.165, 1.54) is 6.34 Å². The minimum absolute atomic E-state index is 0.143. The summed E-state index contributed by atoms with van der Waals surface area (Å²) in [6.45, 7) is 10.7. The van der Waals surface area contributed by atoms with Crippen molar-refractivity contribution in [3.8, 4) is 0 Å². The number of rotatable bonds is 14. The monoisotopic (exact) mass is 576 g/mol. The van der Waals surface area contributed by atoms with Crippen LogP contribution in [0.2, 0.25) is 0 Å². The fraction of sp³-hybridized carbons (Fsp3) is 0.406. The third kappa shape index (κ3) is 9.92. The van der Waals surface area contributed by atoms with Gasteiger partial charge in [0.1, 0.15) is 17.8 Å². The van der Waals surface area contributed by atoms with Gasteiger partial charge in [0, 0.05) is 6.54 Å². The van der Waals surface area contributed by atoms with E-state index >= 15 is 0 Å². The van der Waals surface area contributed by atoms with Crippen LogP contribution in [-0.2, 0) is 41.7 Å². The molecule has 224 valence electrons. The van der Waals surface area contributed by atoms with E-state index < -0.39 is 46.4 Å². The second kappa shape index (κ2) is 14.4. The van der Waals surface area contributed by atoms with Crippen molar-refractivity contribution in [2.24, 2.45) is 4.99 Å². The van der Waals surface area contributed by atoms with E-state index in [4.69, 9.17) is 9.68 Å². The molecule has 2 aromatic carbocycles. The standard InChI is InChI=1S/C32H40N4O6/c1-31(2,3)41-35-24(17-21-13-9-7-10-14-21)28(38)27(37)23-19-33-20-34-26(23)30(40)29(39)25(36-42-32(4,5)6)18-22-15-11-8-12-16-22/h7-16,20,24-25,35-36H,17-19H2,1-6H3,(H,33,34)/t24-,25-/m0/s1. The highest BCUT2D eigenvalue weighted by molar-refractivity contribution is 6.50. The molecule has 3 N–H and O–H groups in total. The van der Waals surface area contributed by atoms with Crippen LogP contribution in [0.1, 0.15) is 52.7 Å². The molecule has 1 heterocycles. The lowest BCUT2D eigenvalue weighted by atomic mass is 9.93. The largest absolute Gasteiger partial charge is 0.372 e. The Kier molecular flexibility index (Phi) is 11.2. The first-order valence-corrected chi connectivity index (χ1v) is 13.9. The summed E-state index contributed by atoms with van der Waals surface area (Å²) < 4.78 is 0. The third-order valence-corrected chi connectivity index (χ3v) is 6.00. The predicted octanol–water partition coefficient (Wildman–Crippen LogP) is 3.01. The summed E-state index contributed by atoms with van der Waals surface area (Å²) in [5, 5.41) is 2.78. The lowest BCUT2D eigenvalue weighted by Crippen LogP contribution is -2.48. The Morgan fingerprint density at radius 3 is 1.60 bits per heavy atom. The van der Waals surface area contributed by atoms with Crippen molar-refractivity contribution in [3.63, 3.8) is 0 Å². The van der Waals surface area contributed by atoms with Crippen molar-refractivity contribution < 1.29 is 28.9 Å². The Morgan fingerprint density at radius 2 is 1.17 bits per heavy atom. The Bertz CT molecular complexity index is 1320. The molecule has 0 radical (unpaired) electrons. The van der Waals surface area contributed by atoms with Gasteiger partial charge in [-0.1, -0.05) is 60.7 Å². The van der Waals surface area contributed by atoms with Gasteiger partial charge >= 0.3 is 0 Å². The molecule has 0 aromatic heterocycles. The van der Waals surface area contributed by atoms with Crippen LogP contribution in [0, 0.1) is 0 Å². The summed E-state index contributed by atoms with van der Waals surface area (Å²) in [5.41, 5.74) is 5.24. The number of carbonyl (C=O) groups is 4. The van der Waals surface area contributed by atoms with Gasteiger partial charge in [0.2, 0.25) is 23.1 Å². The van der Waals surface area contributed by atoms with Crippen LogP contribution < -0.4 is 16.3 Å². The molecular weight excluding hydrogens is 536 g/mol. The molecule has 10 heteroatoms. The lowest BCUT2D eigenvalue weighted by Gasteiger charge is -2.25. The second-order valence-corrected chi connectivity index (χ2v) is 12.0. The Hall–Kier alpha value is -3.83. The van der Waals surface area contributed by atoms with Crippen molar-refractivity contribution in [1.82, 2.24) is 16.3 Å². The highest BCUT2D eigenvalue weighted by Crippen LogP contribution is 2.18. The van der Waals surface area contributed by atoms with Gasteiger partial charge in [-0.25, -0.2) is 4.99 Å². The van der Waals surface area contributed by atoms with Crippen molar-refractivity contribution >= 4 is 29.5 Å². The number of nitrogens with one attached hydrogen (secondary N) is 3. The van der Waals surface area contributed by atoms with Gasteiger partial charge in [-0.15, -0.1) is 0 Å². The van der Waals surface area contributed by atoms with Crippen molar-refractivity contribution in [3.05, 3.63) is 83.1 Å². The number of hydroxylamine groups is 2. The van der Waals surface area contributed by atoms with Gasteiger partial charge < -0.3 is 5.32 Å². The van der Waals surface area contributed by atoms with E-state index in [1.54, 1.807) is 41.5 Å². The maximum Gasteiger partial charge on any atom is 0.249 e. The molecule has 3 rings (SSSR count). The minimum Gasteiger partial charge on any atom is -0.372 e. The summed E-state index contributed by atoms with van der Waals surface area (Å²) in [6.07, 6.45) is 1.56. The average molecular weight is 577 g/mol. The fourth-order valence-corrected chi connectivity index (χ4v) is 3.96. The molecule has 0 spiro atoms. The first-order chi connectivity index (χ1) is 19.7. The molecule has 0 fully saturated rings. The summed E-state index contributed by atoms with van der Waals surface area (Å²) in [7, 11) is 0. The molecule has 0 saturated heterocycles. The molecule has 2 atom stereocenters. The quantitative estimate of drug-likeness (QED) is 0.229. The van der Waals surface area contributed by atoms with E-state index in [-0.39, 0.29) is 30.7 Å². The smallest absolute Gasteiger partial charge is 0.249 e. The van der Waals surface area contributed by atoms with Gasteiger partial charge in [0.25, 0.3) is 0 Å². The number of Topliss-reactive ketones (excluding diaryl/α,β-unsaturated/α-hetero) is 4. The molecular formula is C32H40N4O6. The summed E-state index contributed by atoms with van der Waals surface area (Å²) in [4.78, 5) is 69.6. The summed E-state index contributed by atoms with van der Waals surface area (Å²) in [6, 6.07) is 16.2. The third-order valence-electron chi connectivity index (χ3n) is 6.00. The Balaban J connectivity index is 1.90. The maximum atomic E-state index is 13.6. The molecule has 0 aliphatic carbocycles. The number of carbonyl (C=O) groups excluding carboxylic acids is 4. The van der Waals surface area contributed by atoms with Crippen LogP contribution in [0.25, 0.3) is 0 Å². The molecule has 0 unspecified atom stereocenters. The van der Waals surface area contributed by atoms with Crippen molar-refractivity contribution in [2.75, 3.05) is 6.54 Å². The first kappa shape index (κ1) is 32.7. The van der Waals surface area contributed by atoms with Gasteiger partial charge in [0.15, 0.2) is 0 Å². The predicted molar refractivity (Wildman–Crippen MR) is 159 cm³/mol. The molecule has 2 aromatic rings. The number of aliphatic imine (C=N–C) groups is 1. The number of hydrogen-bond acceptors (Lipinski definition) is 10. The minimum atomic E-state index is -1.06. The van der Waals surface area contributed by atoms with Gasteiger partial charge in [-0.05, 0) is 65.5 Å². The van der Waals surface area contributed by atoms with E-state index in [2.05, 4.69) is 21.3 Å². The number of allylic oxidation sites excluding steroid dienone is 1. The van der Waals surface area contributed by atoms with Crippen LogP contribution in [0.15, 0.2) is 76.9 Å². The molecule has 10 nitrogen and oxygen atoms in total. The number of benzene rings is 2. The van der Waals surface area contributed by atoms with Gasteiger partial charge in [0.05, 0.1) is 23.1 Å². The normalized spacial score (nSPS) is 15.1. The number of ketones is 4. The summed E-state index contributed by atoms with van der Waals surface area (Å²) in [5.74, 6) is -3.58. The lowest BCUT2D eigenvalue weighted by molar-refractivity contribution is -0.143. The van der Waals surface area contributed by atoms with Crippen LogP contribution in [0.3, 0.4) is 0 Å².